The average molecular weight is 362 g/mol. The Kier molecular flexibility index (Phi) is 5.22. The SMILES string of the molecule is Fc1cccc(C#Cc2nc3ncccc3nc2OCCN2CCCC2)c1. The second-order valence-corrected chi connectivity index (χ2v) is 6.38. The highest BCUT2D eigenvalue weighted by Gasteiger charge is 2.13. The molecule has 1 fully saturated rings. The van der Waals surface area contributed by atoms with Crippen LogP contribution in [0.5, 0.6) is 5.88 Å². The molecule has 1 saturated heterocycles. The fourth-order valence-electron chi connectivity index (χ4n) is 3.04. The lowest BCUT2D eigenvalue weighted by Crippen LogP contribution is -2.25. The van der Waals surface area contributed by atoms with Crippen LogP contribution in [0.1, 0.15) is 24.1 Å². The van der Waals surface area contributed by atoms with Crippen LogP contribution < -0.4 is 4.74 Å². The molecule has 0 aliphatic carbocycles. The molecule has 0 spiro atoms. The molecule has 1 aliphatic rings. The molecular weight excluding hydrogens is 343 g/mol. The minimum Gasteiger partial charge on any atom is -0.474 e. The molecule has 0 radical (unpaired) electrons. The first-order valence-electron chi connectivity index (χ1n) is 9.03. The summed E-state index contributed by atoms with van der Waals surface area (Å²) in [5, 5.41) is 0. The molecule has 0 unspecified atom stereocenters. The smallest absolute Gasteiger partial charge is 0.249 e. The Morgan fingerprint density at radius 2 is 1.96 bits per heavy atom. The van der Waals surface area contributed by atoms with E-state index in [2.05, 4.69) is 31.7 Å². The molecule has 3 aromatic rings. The number of benzene rings is 1. The Bertz CT molecular complexity index is 1010. The molecule has 0 atom stereocenters. The maximum atomic E-state index is 13.4. The van der Waals surface area contributed by atoms with Crippen LogP contribution in [0.3, 0.4) is 0 Å². The number of ether oxygens (including phenoxy) is 1. The van der Waals surface area contributed by atoms with Crippen molar-refractivity contribution >= 4 is 11.2 Å². The first-order valence-corrected chi connectivity index (χ1v) is 9.03. The molecule has 5 nitrogen and oxygen atoms in total. The lowest BCUT2D eigenvalue weighted by atomic mass is 10.2. The van der Waals surface area contributed by atoms with E-state index in [0.717, 1.165) is 19.6 Å². The molecule has 27 heavy (non-hydrogen) atoms. The van der Waals surface area contributed by atoms with E-state index in [1.54, 1.807) is 18.3 Å². The van der Waals surface area contributed by atoms with Crippen molar-refractivity contribution in [1.29, 1.82) is 0 Å². The van der Waals surface area contributed by atoms with Gasteiger partial charge < -0.3 is 4.74 Å². The minimum absolute atomic E-state index is 0.324. The van der Waals surface area contributed by atoms with Gasteiger partial charge in [-0.15, -0.1) is 0 Å². The summed E-state index contributed by atoms with van der Waals surface area (Å²) in [6.07, 6.45) is 4.15. The van der Waals surface area contributed by atoms with Crippen molar-refractivity contribution in [2.24, 2.45) is 0 Å². The van der Waals surface area contributed by atoms with Gasteiger partial charge in [0.2, 0.25) is 5.88 Å². The van der Waals surface area contributed by atoms with Crippen molar-refractivity contribution in [1.82, 2.24) is 19.9 Å². The van der Waals surface area contributed by atoms with Crippen molar-refractivity contribution in [3.63, 3.8) is 0 Å². The Hall–Kier alpha value is -3.04. The van der Waals surface area contributed by atoms with Gasteiger partial charge in [0.1, 0.15) is 17.9 Å². The molecule has 1 aliphatic heterocycles. The molecule has 0 N–H and O–H groups in total. The van der Waals surface area contributed by atoms with Crippen LogP contribution in [-0.2, 0) is 0 Å². The molecule has 2 aromatic heterocycles. The van der Waals surface area contributed by atoms with E-state index < -0.39 is 0 Å². The lowest BCUT2D eigenvalue weighted by Gasteiger charge is -2.15. The highest BCUT2D eigenvalue weighted by Crippen LogP contribution is 2.17. The molecule has 6 heteroatoms. The summed E-state index contributed by atoms with van der Waals surface area (Å²) >= 11 is 0. The largest absolute Gasteiger partial charge is 0.474 e. The molecule has 0 bridgehead atoms. The number of likely N-dealkylation sites (tertiary alicyclic amines) is 1. The summed E-state index contributed by atoms with van der Waals surface area (Å²) in [6, 6.07) is 9.79. The first-order chi connectivity index (χ1) is 13.3. The fourth-order valence-corrected chi connectivity index (χ4v) is 3.04. The second kappa shape index (κ2) is 8.11. The van der Waals surface area contributed by atoms with Crippen molar-refractivity contribution in [3.8, 4) is 17.7 Å². The highest BCUT2D eigenvalue weighted by atomic mass is 19.1. The number of nitrogens with zero attached hydrogens (tertiary/aromatic N) is 4. The summed E-state index contributed by atoms with van der Waals surface area (Å²) < 4.78 is 19.3. The molecule has 0 amide bonds. The normalized spacial score (nSPS) is 14.1. The molecule has 4 rings (SSSR count). The van der Waals surface area contributed by atoms with Crippen molar-refractivity contribution in [2.45, 2.75) is 12.8 Å². The van der Waals surface area contributed by atoms with E-state index in [4.69, 9.17) is 4.74 Å². The Balaban J connectivity index is 1.60. The van der Waals surface area contributed by atoms with Crippen LogP contribution >= 0.6 is 0 Å². The number of fused-ring (bicyclic) bond motifs is 1. The third-order valence-corrected chi connectivity index (χ3v) is 4.40. The molecule has 136 valence electrons. The Morgan fingerprint density at radius 3 is 2.81 bits per heavy atom. The zero-order valence-electron chi connectivity index (χ0n) is 14.9. The van der Waals surface area contributed by atoms with Crippen LogP contribution in [0, 0.1) is 17.7 Å². The van der Waals surface area contributed by atoms with Crippen LogP contribution in [-0.4, -0.2) is 46.1 Å². The van der Waals surface area contributed by atoms with Crippen LogP contribution in [0.4, 0.5) is 4.39 Å². The zero-order valence-corrected chi connectivity index (χ0v) is 14.9. The van der Waals surface area contributed by atoms with Crippen LogP contribution in [0.15, 0.2) is 42.6 Å². The summed E-state index contributed by atoms with van der Waals surface area (Å²) in [5.74, 6) is 5.95. The third kappa shape index (κ3) is 4.39. The van der Waals surface area contributed by atoms with Crippen LogP contribution in [0.25, 0.3) is 11.2 Å². The van der Waals surface area contributed by atoms with Crippen molar-refractivity contribution < 1.29 is 9.13 Å². The van der Waals surface area contributed by atoms with Gasteiger partial charge in [0.25, 0.3) is 0 Å². The number of pyridine rings is 1. The monoisotopic (exact) mass is 362 g/mol. The van der Waals surface area contributed by atoms with Gasteiger partial charge in [0.15, 0.2) is 11.3 Å². The topological polar surface area (TPSA) is 51.1 Å². The summed E-state index contributed by atoms with van der Waals surface area (Å²) in [6.45, 7) is 3.60. The van der Waals surface area contributed by atoms with E-state index in [1.165, 1.54) is 25.0 Å². The van der Waals surface area contributed by atoms with Gasteiger partial charge in [-0.2, -0.15) is 0 Å². The zero-order chi connectivity index (χ0) is 18.5. The van der Waals surface area contributed by atoms with E-state index in [0.29, 0.717) is 34.9 Å². The van der Waals surface area contributed by atoms with E-state index >= 15 is 0 Å². The third-order valence-electron chi connectivity index (χ3n) is 4.40. The maximum Gasteiger partial charge on any atom is 0.249 e. The summed E-state index contributed by atoms with van der Waals surface area (Å²) in [5.41, 5.74) is 2.14. The Labute approximate surface area is 157 Å². The van der Waals surface area contributed by atoms with Gasteiger partial charge in [0.05, 0.1) is 0 Å². The molecule has 3 heterocycles. The average Bonchev–Trinajstić information content (AvgIpc) is 3.20. The molecule has 1 aromatic carbocycles. The van der Waals surface area contributed by atoms with Crippen molar-refractivity contribution in [2.75, 3.05) is 26.2 Å². The predicted molar refractivity (Wildman–Crippen MR) is 101 cm³/mol. The second-order valence-electron chi connectivity index (χ2n) is 6.38. The van der Waals surface area contributed by atoms with E-state index in [9.17, 15) is 4.39 Å². The predicted octanol–water partition coefficient (Wildman–Crippen LogP) is 3.04. The number of hydrogen-bond donors (Lipinski definition) is 0. The summed E-state index contributed by atoms with van der Waals surface area (Å²) in [4.78, 5) is 15.6. The molecular formula is C21H19FN4O. The van der Waals surface area contributed by atoms with E-state index in [-0.39, 0.29) is 5.82 Å². The van der Waals surface area contributed by atoms with Gasteiger partial charge in [0, 0.05) is 18.3 Å². The minimum atomic E-state index is -0.324. The Morgan fingerprint density at radius 1 is 1.07 bits per heavy atom. The van der Waals surface area contributed by atoms with E-state index in [1.807, 2.05) is 12.1 Å². The number of halogens is 1. The summed E-state index contributed by atoms with van der Waals surface area (Å²) in [7, 11) is 0. The van der Waals surface area contributed by atoms with Gasteiger partial charge in [-0.1, -0.05) is 12.0 Å². The first kappa shape index (κ1) is 17.4. The highest BCUT2D eigenvalue weighted by molar-refractivity contribution is 5.71. The van der Waals surface area contributed by atoms with Gasteiger partial charge in [-0.05, 0) is 62.2 Å². The quantitative estimate of drug-likeness (QED) is 0.668. The number of hydrogen-bond acceptors (Lipinski definition) is 5. The van der Waals surface area contributed by atoms with Crippen LogP contribution in [0.2, 0.25) is 0 Å². The number of aromatic nitrogens is 3. The lowest BCUT2D eigenvalue weighted by molar-refractivity contribution is 0.231. The maximum absolute atomic E-state index is 13.4. The van der Waals surface area contributed by atoms with Gasteiger partial charge in [-0.25, -0.2) is 19.3 Å². The number of rotatable bonds is 4. The van der Waals surface area contributed by atoms with Gasteiger partial charge >= 0.3 is 0 Å². The van der Waals surface area contributed by atoms with Crippen molar-refractivity contribution in [3.05, 3.63) is 59.7 Å². The fraction of sp³-hybridized carbons (Fsp3) is 0.286. The standard InChI is InChI=1S/C21H19FN4O/c22-17-6-3-5-16(15-17)8-9-19-21(27-14-13-26-11-1-2-12-26)25-18-7-4-10-23-20(18)24-19/h3-7,10,15H,1-2,11-14H2. The van der Waals surface area contributed by atoms with Gasteiger partial charge in [-0.3, -0.25) is 4.90 Å². The molecule has 0 saturated carbocycles.